The number of para-hydroxylation sites is 2. The summed E-state index contributed by atoms with van der Waals surface area (Å²) in [6, 6.07) is 7.91. The van der Waals surface area contributed by atoms with Crippen molar-refractivity contribution in [2.24, 2.45) is 10.4 Å². The summed E-state index contributed by atoms with van der Waals surface area (Å²) in [6.45, 7) is 6.51. The van der Waals surface area contributed by atoms with Gasteiger partial charge in [-0.25, -0.2) is 4.98 Å². The van der Waals surface area contributed by atoms with Crippen molar-refractivity contribution in [3.8, 4) is 0 Å². The van der Waals surface area contributed by atoms with E-state index in [0.717, 1.165) is 16.9 Å². The maximum Gasteiger partial charge on any atom is 0.168 e. The summed E-state index contributed by atoms with van der Waals surface area (Å²) in [6.07, 6.45) is 2.28. The number of rotatable bonds is 5. The van der Waals surface area contributed by atoms with Crippen LogP contribution < -0.4 is 0 Å². The average Bonchev–Trinajstić information content (AvgIpc) is 2.94. The van der Waals surface area contributed by atoms with Gasteiger partial charge in [0.1, 0.15) is 11.6 Å². The number of fused-ring (bicyclic) bond motifs is 1. The number of aromatic amines is 1. The van der Waals surface area contributed by atoms with Crippen molar-refractivity contribution in [1.29, 1.82) is 0 Å². The fraction of sp³-hybridized carbons (Fsp3) is 0.450. The number of aliphatic hydroxyl groups excluding tert-OH is 1. The van der Waals surface area contributed by atoms with Crippen LogP contribution in [0, 0.1) is 5.41 Å². The zero-order valence-corrected chi connectivity index (χ0v) is 15.1. The Labute approximate surface area is 147 Å². The van der Waals surface area contributed by atoms with Crippen LogP contribution in [0.25, 0.3) is 11.0 Å². The van der Waals surface area contributed by atoms with E-state index >= 15 is 0 Å². The zero-order valence-electron chi connectivity index (χ0n) is 15.1. The van der Waals surface area contributed by atoms with Crippen LogP contribution >= 0.6 is 0 Å². The Morgan fingerprint density at radius 1 is 1.32 bits per heavy atom. The van der Waals surface area contributed by atoms with E-state index in [1.807, 2.05) is 45.0 Å². The van der Waals surface area contributed by atoms with Gasteiger partial charge < -0.3 is 10.1 Å². The van der Waals surface area contributed by atoms with Crippen LogP contribution in [-0.2, 0) is 11.2 Å². The normalized spacial score (nSPS) is 18.2. The first-order valence-electron chi connectivity index (χ1n) is 8.82. The van der Waals surface area contributed by atoms with Crippen molar-refractivity contribution < 1.29 is 9.90 Å². The predicted molar refractivity (Wildman–Crippen MR) is 100 cm³/mol. The average molecular weight is 339 g/mol. The number of carbonyl (C=O) groups is 1. The van der Waals surface area contributed by atoms with Gasteiger partial charge in [-0.15, -0.1) is 0 Å². The first-order chi connectivity index (χ1) is 11.9. The molecule has 0 saturated carbocycles. The first-order valence-corrected chi connectivity index (χ1v) is 8.82. The molecule has 0 radical (unpaired) electrons. The lowest BCUT2D eigenvalue weighted by Gasteiger charge is -2.29. The van der Waals surface area contributed by atoms with E-state index in [2.05, 4.69) is 15.0 Å². The maximum absolute atomic E-state index is 12.5. The van der Waals surface area contributed by atoms with Gasteiger partial charge in [0.05, 0.1) is 16.6 Å². The molecule has 1 heterocycles. The van der Waals surface area contributed by atoms with E-state index in [1.54, 1.807) is 0 Å². The molecule has 0 amide bonds. The molecule has 0 spiro atoms. The largest absolute Gasteiger partial charge is 0.511 e. The van der Waals surface area contributed by atoms with E-state index in [-0.39, 0.29) is 17.0 Å². The number of allylic oxidation sites excluding steroid dienone is 2. The summed E-state index contributed by atoms with van der Waals surface area (Å²) in [7, 11) is 0. The second-order valence-electron chi connectivity index (χ2n) is 7.40. The molecule has 0 aliphatic heterocycles. The molecular formula is C20H25N3O2. The number of aliphatic imine (C=N–C) groups is 1. The third-order valence-electron chi connectivity index (χ3n) is 4.57. The summed E-state index contributed by atoms with van der Waals surface area (Å²) in [5, 5.41) is 10.3. The van der Waals surface area contributed by atoms with Gasteiger partial charge in [-0.2, -0.15) is 0 Å². The fourth-order valence-electron chi connectivity index (χ4n) is 3.40. The Balaban J connectivity index is 1.75. The van der Waals surface area contributed by atoms with Crippen molar-refractivity contribution in [3.63, 3.8) is 0 Å². The Morgan fingerprint density at radius 3 is 2.76 bits per heavy atom. The van der Waals surface area contributed by atoms with Crippen molar-refractivity contribution in [1.82, 2.24) is 9.97 Å². The lowest BCUT2D eigenvalue weighted by Crippen LogP contribution is -2.29. The molecule has 0 unspecified atom stereocenters. The number of benzene rings is 1. The molecule has 132 valence electrons. The van der Waals surface area contributed by atoms with E-state index < -0.39 is 0 Å². The third-order valence-corrected chi connectivity index (χ3v) is 4.57. The van der Waals surface area contributed by atoms with E-state index in [0.29, 0.717) is 43.5 Å². The van der Waals surface area contributed by atoms with Gasteiger partial charge in [0.15, 0.2) is 5.78 Å². The van der Waals surface area contributed by atoms with Crippen LogP contribution in [0.1, 0.15) is 45.9 Å². The number of imidazole rings is 1. The van der Waals surface area contributed by atoms with Gasteiger partial charge in [-0.05, 0) is 24.0 Å². The number of ketones is 1. The Kier molecular flexibility index (Phi) is 4.75. The van der Waals surface area contributed by atoms with Crippen LogP contribution in [0.15, 0.2) is 40.6 Å². The zero-order chi connectivity index (χ0) is 18.0. The highest BCUT2D eigenvalue weighted by Crippen LogP contribution is 2.36. The van der Waals surface area contributed by atoms with Crippen molar-refractivity contribution in [3.05, 3.63) is 41.4 Å². The molecule has 0 fully saturated rings. The minimum absolute atomic E-state index is 0.00177. The highest BCUT2D eigenvalue weighted by atomic mass is 16.3. The Morgan fingerprint density at radius 2 is 2.08 bits per heavy atom. The minimum Gasteiger partial charge on any atom is -0.511 e. The summed E-state index contributed by atoms with van der Waals surface area (Å²) >= 11 is 0. The second-order valence-corrected chi connectivity index (χ2v) is 7.40. The van der Waals surface area contributed by atoms with Gasteiger partial charge in [0.2, 0.25) is 0 Å². The number of hydrogen-bond donors (Lipinski definition) is 2. The highest BCUT2D eigenvalue weighted by molar-refractivity contribution is 6.23. The molecule has 1 aromatic heterocycles. The number of aliphatic hydroxyl groups is 1. The molecule has 0 bridgehead atoms. The molecule has 5 nitrogen and oxygen atoms in total. The second kappa shape index (κ2) is 6.82. The first kappa shape index (κ1) is 17.4. The number of hydrogen-bond acceptors (Lipinski definition) is 4. The Bertz CT molecular complexity index is 826. The number of nitrogens with one attached hydrogen (secondary N) is 1. The SMILES string of the molecule is CCC(=NCCc1nc2ccccc2[nH]1)C1=C(O)CC(C)(C)CC1=O. The van der Waals surface area contributed by atoms with Crippen molar-refractivity contribution in [2.45, 2.75) is 46.5 Å². The molecule has 1 aromatic carbocycles. The number of aromatic nitrogens is 2. The smallest absolute Gasteiger partial charge is 0.168 e. The molecule has 25 heavy (non-hydrogen) atoms. The van der Waals surface area contributed by atoms with Crippen LogP contribution in [0.3, 0.4) is 0 Å². The van der Waals surface area contributed by atoms with Crippen LogP contribution in [0.2, 0.25) is 0 Å². The summed E-state index contributed by atoms with van der Waals surface area (Å²) < 4.78 is 0. The number of carbonyl (C=O) groups excluding carboxylic acids is 1. The molecule has 0 atom stereocenters. The van der Waals surface area contributed by atoms with E-state index in [9.17, 15) is 9.90 Å². The number of nitrogens with zero attached hydrogens (tertiary/aromatic N) is 2. The quantitative estimate of drug-likeness (QED) is 0.803. The van der Waals surface area contributed by atoms with Gasteiger partial charge in [0, 0.05) is 31.5 Å². The number of Topliss-reactive ketones (excluding diaryl/α,β-unsaturated/α-hetero) is 1. The summed E-state index contributed by atoms with van der Waals surface area (Å²) in [4.78, 5) is 24.9. The van der Waals surface area contributed by atoms with Crippen LogP contribution in [0.4, 0.5) is 0 Å². The minimum atomic E-state index is -0.183. The topological polar surface area (TPSA) is 78.3 Å². The third kappa shape index (κ3) is 3.81. The molecule has 1 aliphatic rings. The molecular weight excluding hydrogens is 314 g/mol. The predicted octanol–water partition coefficient (Wildman–Crippen LogP) is 4.16. The summed E-state index contributed by atoms with van der Waals surface area (Å²) in [5.74, 6) is 1.07. The molecule has 2 N–H and O–H groups in total. The summed E-state index contributed by atoms with van der Waals surface area (Å²) in [5.41, 5.74) is 2.92. The molecule has 3 rings (SSSR count). The van der Waals surface area contributed by atoms with Crippen molar-refractivity contribution >= 4 is 22.5 Å². The number of H-pyrrole nitrogens is 1. The molecule has 0 saturated heterocycles. The lowest BCUT2D eigenvalue weighted by atomic mass is 9.75. The molecule has 1 aliphatic carbocycles. The molecule has 2 aromatic rings. The molecule has 5 heteroatoms. The van der Waals surface area contributed by atoms with Gasteiger partial charge in [-0.3, -0.25) is 9.79 Å². The standard InChI is InChI=1S/C20H25N3O2/c1-4-13(19-16(24)11-20(2,3)12-17(19)25)21-10-9-18-22-14-7-5-6-8-15(14)23-18/h5-8,24H,4,9-12H2,1-3H3,(H,22,23). The van der Waals surface area contributed by atoms with Crippen LogP contribution in [0.5, 0.6) is 0 Å². The van der Waals surface area contributed by atoms with Gasteiger partial charge in [0.25, 0.3) is 0 Å². The fourth-order valence-corrected chi connectivity index (χ4v) is 3.40. The monoisotopic (exact) mass is 339 g/mol. The maximum atomic E-state index is 12.5. The van der Waals surface area contributed by atoms with Crippen LogP contribution in [-0.4, -0.2) is 33.1 Å². The van der Waals surface area contributed by atoms with Gasteiger partial charge >= 0.3 is 0 Å². The Hall–Kier alpha value is -2.43. The lowest BCUT2D eigenvalue weighted by molar-refractivity contribution is -0.117. The highest BCUT2D eigenvalue weighted by Gasteiger charge is 2.34. The van der Waals surface area contributed by atoms with E-state index in [4.69, 9.17) is 0 Å². The van der Waals surface area contributed by atoms with Crippen molar-refractivity contribution in [2.75, 3.05) is 6.54 Å². The van der Waals surface area contributed by atoms with E-state index in [1.165, 1.54) is 0 Å². The van der Waals surface area contributed by atoms with Gasteiger partial charge in [-0.1, -0.05) is 32.9 Å².